The zero-order chi connectivity index (χ0) is 19.7. The minimum absolute atomic E-state index is 0.0526. The molecule has 0 saturated carbocycles. The van der Waals surface area contributed by atoms with Gasteiger partial charge >= 0.3 is 0 Å². The molecular weight excluding hydrogens is 374 g/mol. The highest BCUT2D eigenvalue weighted by atomic mass is 32.2. The molecule has 5 N–H and O–H groups in total. The van der Waals surface area contributed by atoms with Crippen LogP contribution >= 0.6 is 0 Å². The Morgan fingerprint density at radius 1 is 1.14 bits per heavy atom. The van der Waals surface area contributed by atoms with E-state index in [1.807, 2.05) is 41.3 Å². The molecule has 0 saturated heterocycles. The van der Waals surface area contributed by atoms with E-state index in [1.54, 1.807) is 12.1 Å². The molecule has 0 atom stereocenters. The van der Waals surface area contributed by atoms with Gasteiger partial charge in [-0.1, -0.05) is 18.2 Å². The van der Waals surface area contributed by atoms with Crippen molar-refractivity contribution < 1.29 is 8.42 Å². The van der Waals surface area contributed by atoms with E-state index in [1.165, 1.54) is 0 Å². The van der Waals surface area contributed by atoms with E-state index in [-0.39, 0.29) is 5.75 Å². The molecule has 0 radical (unpaired) electrons. The zero-order valence-electron chi connectivity index (χ0n) is 15.4. The molecular formula is C20H23N5O2S. The van der Waals surface area contributed by atoms with Crippen molar-refractivity contribution in [2.45, 2.75) is 11.4 Å². The van der Waals surface area contributed by atoms with Crippen LogP contribution in [0.1, 0.15) is 5.56 Å². The number of nitrogens with one attached hydrogen (secondary N) is 1. The van der Waals surface area contributed by atoms with Crippen molar-refractivity contribution >= 4 is 37.9 Å². The molecule has 0 spiro atoms. The molecule has 1 aromatic heterocycles. The maximum atomic E-state index is 12.6. The van der Waals surface area contributed by atoms with Gasteiger partial charge in [0.15, 0.2) is 9.84 Å². The molecule has 7 nitrogen and oxygen atoms in total. The van der Waals surface area contributed by atoms with Gasteiger partial charge in [-0.15, -0.1) is 0 Å². The van der Waals surface area contributed by atoms with E-state index in [2.05, 4.69) is 5.32 Å². The first-order valence-corrected chi connectivity index (χ1v) is 10.8. The number of hydrogen-bond acceptors (Lipinski definition) is 7. The minimum atomic E-state index is -3.31. The molecule has 0 bridgehead atoms. The lowest BCUT2D eigenvalue weighted by atomic mass is 10.1. The average Bonchev–Trinajstić information content (AvgIpc) is 2.82. The maximum absolute atomic E-state index is 12.6. The van der Waals surface area contributed by atoms with E-state index >= 15 is 0 Å². The molecule has 3 aromatic rings. The second-order valence-corrected chi connectivity index (χ2v) is 8.95. The highest BCUT2D eigenvalue weighted by molar-refractivity contribution is 7.91. The topological polar surface area (TPSA) is 114 Å². The van der Waals surface area contributed by atoms with Gasteiger partial charge in [-0.05, 0) is 29.8 Å². The summed E-state index contributed by atoms with van der Waals surface area (Å²) in [5.41, 5.74) is 14.7. The van der Waals surface area contributed by atoms with E-state index in [0.717, 1.165) is 28.0 Å². The van der Waals surface area contributed by atoms with Crippen molar-refractivity contribution in [2.24, 2.45) is 5.73 Å². The quantitative estimate of drug-likeness (QED) is 0.577. The second kappa shape index (κ2) is 7.29. The van der Waals surface area contributed by atoms with Crippen LogP contribution in [0.4, 0.5) is 17.2 Å². The second-order valence-electron chi connectivity index (χ2n) is 6.87. The highest BCUT2D eigenvalue weighted by Gasteiger charge is 2.26. The third kappa shape index (κ3) is 3.48. The first-order valence-electron chi connectivity index (χ1n) is 9.18. The number of rotatable bonds is 4. The van der Waals surface area contributed by atoms with Gasteiger partial charge in [0.2, 0.25) is 0 Å². The Hall–Kier alpha value is -2.84. The summed E-state index contributed by atoms with van der Waals surface area (Å²) in [7, 11) is -3.31. The van der Waals surface area contributed by atoms with E-state index in [9.17, 15) is 8.42 Å². The number of pyridine rings is 1. The smallest absolute Gasteiger partial charge is 0.180 e. The maximum Gasteiger partial charge on any atom is 0.180 e. The van der Waals surface area contributed by atoms with Gasteiger partial charge in [-0.3, -0.25) is 0 Å². The van der Waals surface area contributed by atoms with Crippen LogP contribution in [0.2, 0.25) is 0 Å². The first-order chi connectivity index (χ1) is 13.5. The van der Waals surface area contributed by atoms with E-state index in [0.29, 0.717) is 36.8 Å². The van der Waals surface area contributed by atoms with Gasteiger partial charge in [0.1, 0.15) is 5.82 Å². The molecule has 8 heteroatoms. The van der Waals surface area contributed by atoms with Crippen LogP contribution in [-0.2, 0) is 16.4 Å². The molecule has 0 unspecified atom stereocenters. The van der Waals surface area contributed by atoms with Crippen LogP contribution in [0.15, 0.2) is 53.4 Å². The summed E-state index contributed by atoms with van der Waals surface area (Å²) in [6, 6.07) is 14.7. The van der Waals surface area contributed by atoms with Crippen LogP contribution in [0.5, 0.6) is 0 Å². The van der Waals surface area contributed by atoms with Crippen molar-refractivity contribution in [3.05, 3.63) is 54.1 Å². The van der Waals surface area contributed by atoms with Crippen LogP contribution in [0, 0.1) is 0 Å². The summed E-state index contributed by atoms with van der Waals surface area (Å²) in [4.78, 5) is 7.19. The number of fused-ring (bicyclic) bond motifs is 2. The number of anilines is 3. The standard InChI is InChI=1S/C20H23N5O2S/c21-7-8-23-18-12-20(24-17-6-5-15(22)11-16(17)18)25-9-10-28(26,27)19-4-2-1-3-14(19)13-25/h1-6,11-12H,7-10,13,21-22H2,(H,23,24). The molecule has 1 aliphatic heterocycles. The predicted molar refractivity (Wildman–Crippen MR) is 113 cm³/mol. The molecule has 28 heavy (non-hydrogen) atoms. The number of sulfone groups is 1. The molecule has 1 aliphatic rings. The third-order valence-electron chi connectivity index (χ3n) is 4.90. The van der Waals surface area contributed by atoms with Crippen molar-refractivity contribution in [1.82, 2.24) is 4.98 Å². The van der Waals surface area contributed by atoms with Crippen LogP contribution in [0.25, 0.3) is 10.9 Å². The van der Waals surface area contributed by atoms with Gasteiger partial charge in [-0.2, -0.15) is 0 Å². The lowest BCUT2D eigenvalue weighted by molar-refractivity contribution is 0.596. The fraction of sp³-hybridized carbons (Fsp3) is 0.250. The number of nitrogens with zero attached hydrogens (tertiary/aromatic N) is 2. The van der Waals surface area contributed by atoms with Gasteiger partial charge < -0.3 is 21.7 Å². The molecule has 2 aromatic carbocycles. The minimum Gasteiger partial charge on any atom is -0.399 e. The summed E-state index contributed by atoms with van der Waals surface area (Å²) >= 11 is 0. The van der Waals surface area contributed by atoms with Crippen molar-refractivity contribution in [3.8, 4) is 0 Å². The fourth-order valence-electron chi connectivity index (χ4n) is 3.50. The van der Waals surface area contributed by atoms with Crippen molar-refractivity contribution in [3.63, 3.8) is 0 Å². The normalized spacial score (nSPS) is 15.8. The lowest BCUT2D eigenvalue weighted by Gasteiger charge is -2.23. The van der Waals surface area contributed by atoms with Gasteiger partial charge in [0, 0.05) is 49.0 Å². The van der Waals surface area contributed by atoms with Crippen molar-refractivity contribution in [2.75, 3.05) is 41.3 Å². The predicted octanol–water partition coefficient (Wildman–Crippen LogP) is 1.98. The fourth-order valence-corrected chi connectivity index (χ4v) is 5.00. The number of nitrogens with two attached hydrogens (primary N) is 2. The Kier molecular flexibility index (Phi) is 4.82. The Morgan fingerprint density at radius 3 is 2.79 bits per heavy atom. The van der Waals surface area contributed by atoms with Crippen molar-refractivity contribution in [1.29, 1.82) is 0 Å². The lowest BCUT2D eigenvalue weighted by Crippen LogP contribution is -2.26. The number of benzene rings is 2. The summed E-state index contributed by atoms with van der Waals surface area (Å²) in [5.74, 6) is 0.778. The SMILES string of the molecule is NCCNc1cc(N2CCS(=O)(=O)c3ccccc3C2)nc2ccc(N)cc12. The zero-order valence-corrected chi connectivity index (χ0v) is 16.2. The van der Waals surface area contributed by atoms with Crippen LogP contribution < -0.4 is 21.7 Å². The Balaban J connectivity index is 1.80. The number of nitrogen functional groups attached to an aromatic ring is 1. The molecule has 0 aliphatic carbocycles. The molecule has 0 amide bonds. The summed E-state index contributed by atoms with van der Waals surface area (Å²) in [6.45, 7) is 1.97. The summed E-state index contributed by atoms with van der Waals surface area (Å²) < 4.78 is 25.3. The van der Waals surface area contributed by atoms with Gasteiger partial charge in [-0.25, -0.2) is 13.4 Å². The third-order valence-corrected chi connectivity index (χ3v) is 6.69. The van der Waals surface area contributed by atoms with Crippen LogP contribution in [0.3, 0.4) is 0 Å². The summed E-state index contributed by atoms with van der Waals surface area (Å²) in [6.07, 6.45) is 0. The first kappa shape index (κ1) is 18.5. The Bertz CT molecular complexity index is 1130. The summed E-state index contributed by atoms with van der Waals surface area (Å²) in [5, 5.41) is 4.25. The molecule has 0 fully saturated rings. The Labute approximate surface area is 164 Å². The largest absolute Gasteiger partial charge is 0.399 e. The van der Waals surface area contributed by atoms with Gasteiger partial charge in [0.05, 0.1) is 16.2 Å². The van der Waals surface area contributed by atoms with Gasteiger partial charge in [0.25, 0.3) is 0 Å². The van der Waals surface area contributed by atoms with Crippen LogP contribution in [-0.4, -0.2) is 38.8 Å². The average molecular weight is 398 g/mol. The Morgan fingerprint density at radius 2 is 1.96 bits per heavy atom. The molecule has 4 rings (SSSR count). The van der Waals surface area contributed by atoms with E-state index in [4.69, 9.17) is 16.5 Å². The van der Waals surface area contributed by atoms with E-state index < -0.39 is 9.84 Å². The number of aromatic nitrogens is 1. The molecule has 146 valence electrons. The monoisotopic (exact) mass is 397 g/mol. The number of hydrogen-bond donors (Lipinski definition) is 3. The molecule has 2 heterocycles. The highest BCUT2D eigenvalue weighted by Crippen LogP contribution is 2.31.